The zero-order valence-electron chi connectivity index (χ0n) is 3.64. The van der Waals surface area contributed by atoms with Crippen LogP contribution >= 0.6 is 23.5 Å². The normalized spacial score (nSPS) is 20.6. The molecule has 0 atom stereocenters. The van der Waals surface area contributed by atoms with Crippen molar-refractivity contribution in [2.24, 2.45) is 0 Å². The summed E-state index contributed by atoms with van der Waals surface area (Å²) in [5.74, 6) is 5.52. The third-order valence-corrected chi connectivity index (χ3v) is 3.23. The van der Waals surface area contributed by atoms with Gasteiger partial charge < -0.3 is 0 Å². The van der Waals surface area contributed by atoms with Gasteiger partial charge in [-0.3, -0.25) is 0 Å². The van der Waals surface area contributed by atoms with Gasteiger partial charge in [0.2, 0.25) is 0 Å². The molecular weight excluding hydrogens is 119 g/mol. The molecule has 1 rings (SSSR count). The molecule has 0 bridgehead atoms. The van der Waals surface area contributed by atoms with Crippen LogP contribution in [0.3, 0.4) is 0 Å². The molecule has 0 amide bonds. The van der Waals surface area contributed by atoms with Crippen LogP contribution in [-0.2, 0) is 0 Å². The van der Waals surface area contributed by atoms with Gasteiger partial charge in [0.25, 0.3) is 0 Å². The maximum atomic E-state index is 2.07. The van der Waals surface area contributed by atoms with E-state index >= 15 is 0 Å². The molecule has 38 valence electrons. The van der Waals surface area contributed by atoms with Gasteiger partial charge in [-0.05, 0) is 0 Å². The minimum absolute atomic E-state index is 0. The van der Waals surface area contributed by atoms with E-state index in [1.165, 1.54) is 23.0 Å². The van der Waals surface area contributed by atoms with Crippen molar-refractivity contribution in [1.82, 2.24) is 0 Å². The van der Waals surface area contributed by atoms with Crippen LogP contribution in [0, 0.1) is 0 Å². The minimum atomic E-state index is 0. The molecule has 1 fully saturated rings. The number of rotatable bonds is 0. The van der Waals surface area contributed by atoms with Crippen molar-refractivity contribution < 1.29 is 0 Å². The molecule has 1 heterocycles. The van der Waals surface area contributed by atoms with Crippen LogP contribution in [0.4, 0.5) is 0 Å². The molecule has 0 radical (unpaired) electrons. The summed E-state index contributed by atoms with van der Waals surface area (Å²) in [6, 6.07) is 0. The molecular formula is C4H9LiS2. The second-order valence-corrected chi connectivity index (χ2v) is 3.67. The summed E-state index contributed by atoms with van der Waals surface area (Å²) in [6.45, 7) is 0. The molecule has 3 heteroatoms. The predicted octanol–water partition coefficient (Wildman–Crippen LogP) is 0.818. The van der Waals surface area contributed by atoms with Crippen LogP contribution in [0.25, 0.3) is 0 Å². The Morgan fingerprint density at radius 2 is 1.00 bits per heavy atom. The Balaban J connectivity index is 0.000000360. The Hall–Kier alpha value is 1.30. The monoisotopic (exact) mass is 128 g/mol. The molecule has 7 heavy (non-hydrogen) atoms. The zero-order valence-corrected chi connectivity index (χ0v) is 5.28. The second kappa shape index (κ2) is 5.43. The van der Waals surface area contributed by atoms with Crippen LogP contribution in [0.5, 0.6) is 0 Å². The molecule has 0 N–H and O–H groups in total. The van der Waals surface area contributed by atoms with Crippen LogP contribution in [0.15, 0.2) is 0 Å². The first-order valence-corrected chi connectivity index (χ1v) is 4.46. The van der Waals surface area contributed by atoms with E-state index in [0.29, 0.717) is 0 Å². The Labute approximate surface area is 65.4 Å². The predicted molar refractivity (Wildman–Crippen MR) is 41.8 cm³/mol. The van der Waals surface area contributed by atoms with Gasteiger partial charge in [-0.2, -0.15) is 23.5 Å². The molecule has 0 aliphatic carbocycles. The van der Waals surface area contributed by atoms with Crippen LogP contribution in [0.1, 0.15) is 0 Å². The van der Waals surface area contributed by atoms with Crippen molar-refractivity contribution in [2.75, 3.05) is 23.0 Å². The van der Waals surface area contributed by atoms with Crippen molar-refractivity contribution in [3.8, 4) is 0 Å². The Morgan fingerprint density at radius 1 is 0.714 bits per heavy atom. The van der Waals surface area contributed by atoms with E-state index in [-0.39, 0.29) is 18.9 Å². The molecule has 0 unspecified atom stereocenters. The van der Waals surface area contributed by atoms with Gasteiger partial charge in [0.05, 0.1) is 0 Å². The van der Waals surface area contributed by atoms with Gasteiger partial charge in [-0.1, -0.05) is 0 Å². The quantitative estimate of drug-likeness (QED) is 0.443. The molecule has 0 nitrogen and oxygen atoms in total. The summed E-state index contributed by atoms with van der Waals surface area (Å²) >= 11 is 4.15. The first kappa shape index (κ1) is 8.30. The third-order valence-electron chi connectivity index (χ3n) is 0.744. The Kier molecular flexibility index (Phi) is 6.44. The molecule has 0 aromatic carbocycles. The van der Waals surface area contributed by atoms with Crippen molar-refractivity contribution >= 4 is 42.4 Å². The molecule has 0 aromatic rings. The number of hydrogen-bond donors (Lipinski definition) is 0. The standard InChI is InChI=1S/C4H8S2.Li.H/c1-2-6-4-3-5-1;;/h1-4H2;;. The van der Waals surface area contributed by atoms with Crippen LogP contribution in [-0.4, -0.2) is 41.9 Å². The number of hydrogen-bond acceptors (Lipinski definition) is 2. The summed E-state index contributed by atoms with van der Waals surface area (Å²) in [5.41, 5.74) is 0. The fraction of sp³-hybridized carbons (Fsp3) is 1.00. The average Bonchev–Trinajstić information content (AvgIpc) is 1.72. The third kappa shape index (κ3) is 3.85. The van der Waals surface area contributed by atoms with Crippen molar-refractivity contribution in [2.45, 2.75) is 0 Å². The van der Waals surface area contributed by atoms with Crippen LogP contribution in [0.2, 0.25) is 0 Å². The van der Waals surface area contributed by atoms with Crippen molar-refractivity contribution in [1.29, 1.82) is 0 Å². The van der Waals surface area contributed by atoms with Crippen molar-refractivity contribution in [3.63, 3.8) is 0 Å². The first-order valence-electron chi connectivity index (χ1n) is 2.15. The Morgan fingerprint density at radius 3 is 1.14 bits per heavy atom. The van der Waals surface area contributed by atoms with E-state index < -0.39 is 0 Å². The molecule has 0 spiro atoms. The average molecular weight is 128 g/mol. The van der Waals surface area contributed by atoms with Crippen LogP contribution < -0.4 is 0 Å². The van der Waals surface area contributed by atoms with E-state index in [0.717, 1.165) is 0 Å². The summed E-state index contributed by atoms with van der Waals surface area (Å²) in [6.07, 6.45) is 0. The molecule has 1 aliphatic heterocycles. The van der Waals surface area contributed by atoms with E-state index in [4.69, 9.17) is 0 Å². The fourth-order valence-electron chi connectivity index (χ4n) is 0.440. The molecule has 0 aromatic heterocycles. The molecule has 0 saturated carbocycles. The first-order chi connectivity index (χ1) is 3.00. The van der Waals surface area contributed by atoms with E-state index in [9.17, 15) is 0 Å². The van der Waals surface area contributed by atoms with Crippen molar-refractivity contribution in [3.05, 3.63) is 0 Å². The second-order valence-electron chi connectivity index (χ2n) is 1.22. The van der Waals surface area contributed by atoms with Gasteiger partial charge >= 0.3 is 18.9 Å². The molecule has 1 aliphatic rings. The van der Waals surface area contributed by atoms with E-state index in [1.807, 2.05) is 0 Å². The van der Waals surface area contributed by atoms with Gasteiger partial charge in [-0.25, -0.2) is 0 Å². The number of thioether (sulfide) groups is 2. The summed E-state index contributed by atoms with van der Waals surface area (Å²) in [5, 5.41) is 0. The molecule has 1 saturated heterocycles. The van der Waals surface area contributed by atoms with E-state index in [2.05, 4.69) is 23.5 Å². The van der Waals surface area contributed by atoms with Gasteiger partial charge in [-0.15, -0.1) is 0 Å². The SMILES string of the molecule is C1CSCCS1.[LiH]. The maximum absolute atomic E-state index is 2.07. The van der Waals surface area contributed by atoms with Gasteiger partial charge in [0.1, 0.15) is 0 Å². The van der Waals surface area contributed by atoms with Gasteiger partial charge in [0.15, 0.2) is 0 Å². The Bertz CT molecular complexity index is 25.2. The summed E-state index contributed by atoms with van der Waals surface area (Å²) in [4.78, 5) is 0. The topological polar surface area (TPSA) is 0 Å². The zero-order chi connectivity index (χ0) is 4.24. The van der Waals surface area contributed by atoms with Gasteiger partial charge in [0, 0.05) is 23.0 Å². The summed E-state index contributed by atoms with van der Waals surface area (Å²) in [7, 11) is 0. The van der Waals surface area contributed by atoms with E-state index in [1.54, 1.807) is 0 Å². The summed E-state index contributed by atoms with van der Waals surface area (Å²) < 4.78 is 0. The fourth-order valence-corrected chi connectivity index (χ4v) is 2.73.